The fourth-order valence-electron chi connectivity index (χ4n) is 2.47. The number of likely N-dealkylation sites (N-methyl/N-ethyl adjacent to an activating group) is 1. The van der Waals surface area contributed by atoms with Crippen LogP contribution in [0.5, 0.6) is 0 Å². The minimum atomic E-state index is -3.30. The zero-order valence-corrected chi connectivity index (χ0v) is 13.1. The third-order valence-corrected chi connectivity index (χ3v) is 4.16. The van der Waals surface area contributed by atoms with Crippen LogP contribution in [-0.4, -0.2) is 51.7 Å². The molecule has 1 aromatic carbocycles. The van der Waals surface area contributed by atoms with Gasteiger partial charge in [-0.05, 0) is 44.2 Å². The van der Waals surface area contributed by atoms with Crippen molar-refractivity contribution in [3.8, 4) is 0 Å². The van der Waals surface area contributed by atoms with Gasteiger partial charge in [0, 0.05) is 30.4 Å². The first-order valence-electron chi connectivity index (χ1n) is 6.93. The van der Waals surface area contributed by atoms with Crippen molar-refractivity contribution in [1.82, 2.24) is 10.2 Å². The predicted molar refractivity (Wildman–Crippen MR) is 82.9 cm³/mol. The lowest BCUT2D eigenvalue weighted by Crippen LogP contribution is -2.46. The Hall–Kier alpha value is -1.60. The molecule has 116 valence electrons. The lowest BCUT2D eigenvalue weighted by atomic mass is 10.0. The molecule has 1 fully saturated rings. The number of rotatable bonds is 4. The highest BCUT2D eigenvalue weighted by molar-refractivity contribution is 7.92. The average Bonchev–Trinajstić information content (AvgIpc) is 2.46. The predicted octanol–water partition coefficient (Wildman–Crippen LogP) is 0.882. The van der Waals surface area contributed by atoms with Crippen LogP contribution < -0.4 is 10.0 Å². The van der Waals surface area contributed by atoms with E-state index in [1.807, 2.05) is 11.9 Å². The molecule has 2 N–H and O–H groups in total. The van der Waals surface area contributed by atoms with E-state index in [4.69, 9.17) is 0 Å². The van der Waals surface area contributed by atoms with Crippen molar-refractivity contribution in [2.75, 3.05) is 31.1 Å². The molecule has 1 amide bonds. The van der Waals surface area contributed by atoms with E-state index in [1.54, 1.807) is 24.3 Å². The van der Waals surface area contributed by atoms with Gasteiger partial charge >= 0.3 is 0 Å². The zero-order chi connectivity index (χ0) is 15.5. The second-order valence-corrected chi connectivity index (χ2v) is 7.08. The van der Waals surface area contributed by atoms with Crippen LogP contribution in [0.25, 0.3) is 0 Å². The number of hydrogen-bond donors (Lipinski definition) is 2. The summed E-state index contributed by atoms with van der Waals surface area (Å²) < 4.78 is 24.7. The topological polar surface area (TPSA) is 78.5 Å². The van der Waals surface area contributed by atoms with Crippen molar-refractivity contribution in [3.05, 3.63) is 29.8 Å². The highest BCUT2D eigenvalue weighted by Gasteiger charge is 2.23. The van der Waals surface area contributed by atoms with Crippen LogP contribution in [0.15, 0.2) is 24.3 Å². The van der Waals surface area contributed by atoms with Crippen LogP contribution in [0.2, 0.25) is 0 Å². The molecule has 2 rings (SSSR count). The molecule has 6 nitrogen and oxygen atoms in total. The maximum absolute atomic E-state index is 12.4. The number of anilines is 1. The lowest BCUT2D eigenvalue weighted by Gasteiger charge is -2.32. The fourth-order valence-corrected chi connectivity index (χ4v) is 3.04. The van der Waals surface area contributed by atoms with Gasteiger partial charge in [0.05, 0.1) is 6.26 Å². The van der Waals surface area contributed by atoms with Gasteiger partial charge in [-0.1, -0.05) is 0 Å². The molecule has 0 spiro atoms. The van der Waals surface area contributed by atoms with Crippen LogP contribution in [0.3, 0.4) is 0 Å². The first-order chi connectivity index (χ1) is 9.89. The summed E-state index contributed by atoms with van der Waals surface area (Å²) in [5, 5.41) is 3.20. The Bertz CT molecular complexity index is 598. The largest absolute Gasteiger partial charge is 0.337 e. The molecule has 1 atom stereocenters. The number of likely N-dealkylation sites (tertiary alicyclic amines) is 1. The van der Waals surface area contributed by atoms with E-state index in [9.17, 15) is 13.2 Å². The second kappa shape index (κ2) is 6.44. The summed E-state index contributed by atoms with van der Waals surface area (Å²) in [5.74, 6) is -0.0131. The number of carbonyl (C=O) groups is 1. The van der Waals surface area contributed by atoms with Crippen molar-refractivity contribution < 1.29 is 13.2 Å². The second-order valence-electron chi connectivity index (χ2n) is 5.33. The van der Waals surface area contributed by atoms with Gasteiger partial charge in [-0.3, -0.25) is 9.52 Å². The van der Waals surface area contributed by atoms with E-state index in [2.05, 4.69) is 10.0 Å². The van der Waals surface area contributed by atoms with Crippen molar-refractivity contribution in [1.29, 1.82) is 0 Å². The number of benzene rings is 1. The molecule has 1 unspecified atom stereocenters. The first kappa shape index (κ1) is 15.8. The number of carbonyl (C=O) groups excluding carboxylic acids is 1. The summed E-state index contributed by atoms with van der Waals surface area (Å²) in [7, 11) is -1.39. The molecule has 0 radical (unpaired) electrons. The first-order valence-corrected chi connectivity index (χ1v) is 8.82. The van der Waals surface area contributed by atoms with Crippen molar-refractivity contribution in [2.24, 2.45) is 0 Å². The molecule has 0 saturated carbocycles. The van der Waals surface area contributed by atoms with Gasteiger partial charge < -0.3 is 10.2 Å². The molecule has 0 bridgehead atoms. The van der Waals surface area contributed by atoms with E-state index in [0.717, 1.165) is 25.6 Å². The van der Waals surface area contributed by atoms with Gasteiger partial charge in [0.15, 0.2) is 0 Å². The molecule has 0 aliphatic carbocycles. The van der Waals surface area contributed by atoms with Crippen molar-refractivity contribution in [2.45, 2.75) is 18.9 Å². The third-order valence-electron chi connectivity index (χ3n) is 3.55. The summed E-state index contributed by atoms with van der Waals surface area (Å²) in [5.41, 5.74) is 1.03. The number of nitrogens with zero attached hydrogens (tertiary/aromatic N) is 1. The summed E-state index contributed by atoms with van der Waals surface area (Å²) in [6.07, 6.45) is 3.17. The molecular weight excluding hydrogens is 290 g/mol. The maximum atomic E-state index is 12.4. The zero-order valence-electron chi connectivity index (χ0n) is 12.3. The average molecular weight is 311 g/mol. The number of amides is 1. The van der Waals surface area contributed by atoms with Gasteiger partial charge in [-0.15, -0.1) is 0 Å². The molecule has 1 heterocycles. The molecule has 1 aliphatic heterocycles. The fraction of sp³-hybridized carbons (Fsp3) is 0.500. The smallest absolute Gasteiger partial charge is 0.253 e. The molecule has 1 saturated heterocycles. The molecule has 1 aromatic rings. The standard InChI is InChI=1S/C14H21N3O3S/c1-15-13-4-3-9-17(10-13)14(18)11-5-7-12(8-6-11)16-21(2,19)20/h5-8,13,15-16H,3-4,9-10H2,1-2H3. The maximum Gasteiger partial charge on any atom is 0.253 e. The molecule has 1 aliphatic rings. The Morgan fingerprint density at radius 2 is 1.95 bits per heavy atom. The van der Waals surface area contributed by atoms with E-state index >= 15 is 0 Å². The number of piperidine rings is 1. The Morgan fingerprint density at radius 3 is 2.52 bits per heavy atom. The van der Waals surface area contributed by atoms with Crippen molar-refractivity contribution >= 4 is 21.6 Å². The number of hydrogen-bond acceptors (Lipinski definition) is 4. The van der Waals surface area contributed by atoms with Crippen LogP contribution >= 0.6 is 0 Å². The highest BCUT2D eigenvalue weighted by atomic mass is 32.2. The van der Waals surface area contributed by atoms with Crippen molar-refractivity contribution in [3.63, 3.8) is 0 Å². The minimum absolute atomic E-state index is 0.0131. The van der Waals surface area contributed by atoms with Gasteiger partial charge in [0.25, 0.3) is 5.91 Å². The van der Waals surface area contributed by atoms with Gasteiger partial charge in [0.1, 0.15) is 0 Å². The summed E-state index contributed by atoms with van der Waals surface area (Å²) in [6, 6.07) is 6.85. The Morgan fingerprint density at radius 1 is 1.29 bits per heavy atom. The quantitative estimate of drug-likeness (QED) is 0.865. The SMILES string of the molecule is CNC1CCCN(C(=O)c2ccc(NS(C)(=O)=O)cc2)C1. The highest BCUT2D eigenvalue weighted by Crippen LogP contribution is 2.16. The van der Waals surface area contributed by atoms with E-state index in [-0.39, 0.29) is 5.91 Å². The molecular formula is C14H21N3O3S. The lowest BCUT2D eigenvalue weighted by molar-refractivity contribution is 0.0698. The summed E-state index contributed by atoms with van der Waals surface area (Å²) in [4.78, 5) is 14.3. The van der Waals surface area contributed by atoms with E-state index in [0.29, 0.717) is 23.8 Å². The van der Waals surface area contributed by atoms with Crippen LogP contribution in [0.1, 0.15) is 23.2 Å². The summed E-state index contributed by atoms with van der Waals surface area (Å²) in [6.45, 7) is 1.47. The Labute approximate surface area is 125 Å². The van der Waals surface area contributed by atoms with E-state index in [1.165, 1.54) is 0 Å². The Balaban J connectivity index is 2.06. The number of nitrogens with one attached hydrogen (secondary N) is 2. The Kier molecular flexibility index (Phi) is 4.84. The normalized spacial score (nSPS) is 19.3. The van der Waals surface area contributed by atoms with Crippen LogP contribution in [0.4, 0.5) is 5.69 Å². The van der Waals surface area contributed by atoms with Crippen LogP contribution in [0, 0.1) is 0 Å². The minimum Gasteiger partial charge on any atom is -0.337 e. The van der Waals surface area contributed by atoms with E-state index < -0.39 is 10.0 Å². The monoisotopic (exact) mass is 311 g/mol. The summed E-state index contributed by atoms with van der Waals surface area (Å²) >= 11 is 0. The van der Waals surface area contributed by atoms with Crippen LogP contribution in [-0.2, 0) is 10.0 Å². The van der Waals surface area contributed by atoms with Gasteiger partial charge in [-0.25, -0.2) is 8.42 Å². The van der Waals surface area contributed by atoms with Gasteiger partial charge in [-0.2, -0.15) is 0 Å². The molecule has 7 heteroatoms. The third kappa shape index (κ3) is 4.44. The van der Waals surface area contributed by atoms with Gasteiger partial charge in [0.2, 0.25) is 10.0 Å². The number of sulfonamides is 1. The molecule has 21 heavy (non-hydrogen) atoms. The molecule has 0 aromatic heterocycles.